The second kappa shape index (κ2) is 10.3. The SMILES string of the molecule is C[C@H](NC(=O)OCC1c2ccccc2-c2ccccc21)C(=O)OCC[N+](C)(C)C.[I-]. The fraction of sp³-hybridized carbons (Fsp3) is 0.391. The van der Waals surface area contributed by atoms with E-state index in [0.29, 0.717) is 17.6 Å². The lowest BCUT2D eigenvalue weighted by Gasteiger charge is -2.23. The predicted octanol–water partition coefficient (Wildman–Crippen LogP) is 0.167. The largest absolute Gasteiger partial charge is 1.00 e. The van der Waals surface area contributed by atoms with Gasteiger partial charge in [-0.3, -0.25) is 0 Å². The molecular weight excluding hydrogens is 495 g/mol. The first-order chi connectivity index (χ1) is 13.8. The van der Waals surface area contributed by atoms with Crippen LogP contribution in [0.5, 0.6) is 0 Å². The van der Waals surface area contributed by atoms with Gasteiger partial charge >= 0.3 is 12.1 Å². The molecule has 30 heavy (non-hydrogen) atoms. The van der Waals surface area contributed by atoms with E-state index in [9.17, 15) is 9.59 Å². The summed E-state index contributed by atoms with van der Waals surface area (Å²) in [5.74, 6) is -0.480. The number of esters is 1. The summed E-state index contributed by atoms with van der Waals surface area (Å²) < 4.78 is 11.4. The van der Waals surface area contributed by atoms with E-state index >= 15 is 0 Å². The maximum Gasteiger partial charge on any atom is 0.407 e. The van der Waals surface area contributed by atoms with Crippen molar-refractivity contribution in [3.8, 4) is 11.1 Å². The summed E-state index contributed by atoms with van der Waals surface area (Å²) in [7, 11) is 6.06. The van der Waals surface area contributed by atoms with Gasteiger partial charge in [-0.1, -0.05) is 48.5 Å². The third kappa shape index (κ3) is 5.95. The Balaban J connectivity index is 0.00000320. The van der Waals surface area contributed by atoms with Gasteiger partial charge in [0, 0.05) is 5.92 Å². The zero-order chi connectivity index (χ0) is 21.0. The topological polar surface area (TPSA) is 64.6 Å². The summed E-state index contributed by atoms with van der Waals surface area (Å²) in [5, 5.41) is 2.56. The van der Waals surface area contributed by atoms with Crippen LogP contribution in [0, 0.1) is 0 Å². The minimum atomic E-state index is -0.766. The molecule has 6 nitrogen and oxygen atoms in total. The highest BCUT2D eigenvalue weighted by Gasteiger charge is 2.29. The molecule has 2 aromatic carbocycles. The average molecular weight is 524 g/mol. The van der Waals surface area contributed by atoms with Crippen LogP contribution in [-0.2, 0) is 14.3 Å². The molecule has 0 aliphatic heterocycles. The fourth-order valence-electron chi connectivity index (χ4n) is 3.42. The summed E-state index contributed by atoms with van der Waals surface area (Å²) in [4.78, 5) is 24.3. The van der Waals surface area contributed by atoms with E-state index in [1.165, 1.54) is 11.1 Å². The Morgan fingerprint density at radius 2 is 1.50 bits per heavy atom. The lowest BCUT2D eigenvalue weighted by Crippen LogP contribution is -3.00. The van der Waals surface area contributed by atoms with Crippen molar-refractivity contribution in [2.45, 2.75) is 18.9 Å². The van der Waals surface area contributed by atoms with E-state index in [1.54, 1.807) is 6.92 Å². The number of benzene rings is 2. The van der Waals surface area contributed by atoms with Gasteiger partial charge in [-0.25, -0.2) is 9.59 Å². The number of nitrogens with one attached hydrogen (secondary N) is 1. The molecule has 0 bridgehead atoms. The van der Waals surface area contributed by atoms with E-state index in [2.05, 4.69) is 29.6 Å². The van der Waals surface area contributed by atoms with Crippen LogP contribution >= 0.6 is 0 Å². The Labute approximate surface area is 195 Å². The van der Waals surface area contributed by atoms with Gasteiger partial charge in [-0.05, 0) is 29.2 Å². The van der Waals surface area contributed by atoms with Crippen LogP contribution in [0.3, 0.4) is 0 Å². The van der Waals surface area contributed by atoms with Crippen LogP contribution in [0.1, 0.15) is 24.0 Å². The molecule has 0 fully saturated rings. The number of fused-ring (bicyclic) bond motifs is 3. The molecule has 7 heteroatoms. The van der Waals surface area contributed by atoms with Gasteiger partial charge in [0.25, 0.3) is 0 Å². The Kier molecular flexibility index (Phi) is 8.25. The lowest BCUT2D eigenvalue weighted by molar-refractivity contribution is -0.870. The molecule has 1 aliphatic carbocycles. The summed E-state index contributed by atoms with van der Waals surface area (Å²) in [6.45, 7) is 2.81. The first-order valence-corrected chi connectivity index (χ1v) is 9.85. The number of likely N-dealkylation sites (N-methyl/N-ethyl adjacent to an activating group) is 1. The number of hydrogen-bond acceptors (Lipinski definition) is 4. The normalized spacial score (nSPS) is 13.5. The summed E-state index contributed by atoms with van der Waals surface area (Å²) in [5.41, 5.74) is 4.64. The van der Waals surface area contributed by atoms with Crippen LogP contribution in [0.2, 0.25) is 0 Å². The number of carbonyl (C=O) groups is 2. The Hall–Kier alpha value is -2.13. The minimum Gasteiger partial charge on any atom is -1.00 e. The summed E-state index contributed by atoms with van der Waals surface area (Å²) in [6, 6.07) is 15.5. The number of carbonyl (C=O) groups excluding carboxylic acids is 2. The van der Waals surface area contributed by atoms with Crippen LogP contribution in [0.4, 0.5) is 4.79 Å². The van der Waals surface area contributed by atoms with Gasteiger partial charge in [0.05, 0.1) is 21.1 Å². The van der Waals surface area contributed by atoms with E-state index in [4.69, 9.17) is 9.47 Å². The quantitative estimate of drug-likeness (QED) is 0.319. The standard InChI is InChI=1S/C23H28N2O4.HI/c1-16(22(26)28-14-13-25(2,3)4)24-23(27)29-15-21-19-11-7-5-9-17(19)18-10-6-8-12-20(18)21;/h5-12,16,21H,13-15H2,1-4H3;1H/t16-;/m0./s1. The van der Waals surface area contributed by atoms with E-state index in [0.717, 1.165) is 11.1 Å². The molecule has 0 saturated heterocycles. The highest BCUT2D eigenvalue weighted by Crippen LogP contribution is 2.44. The van der Waals surface area contributed by atoms with E-state index in [-0.39, 0.29) is 36.5 Å². The number of nitrogens with zero attached hydrogens (tertiary/aromatic N) is 1. The molecule has 0 spiro atoms. The van der Waals surface area contributed by atoms with E-state index < -0.39 is 18.1 Å². The molecule has 1 atom stereocenters. The molecule has 0 saturated carbocycles. The molecule has 0 aromatic heterocycles. The third-order valence-corrected chi connectivity index (χ3v) is 5.04. The van der Waals surface area contributed by atoms with Crippen molar-refractivity contribution in [2.75, 3.05) is 40.9 Å². The van der Waals surface area contributed by atoms with Gasteiger partial charge < -0.3 is 43.3 Å². The van der Waals surface area contributed by atoms with Crippen LogP contribution in [0.15, 0.2) is 48.5 Å². The minimum absolute atomic E-state index is 0. The molecule has 2 aromatic rings. The highest BCUT2D eigenvalue weighted by atomic mass is 127. The van der Waals surface area contributed by atoms with Crippen molar-refractivity contribution >= 4 is 12.1 Å². The first-order valence-electron chi connectivity index (χ1n) is 9.85. The second-order valence-corrected chi connectivity index (χ2v) is 8.37. The molecule has 162 valence electrons. The number of alkyl carbamates (subject to hydrolysis) is 1. The smallest absolute Gasteiger partial charge is 0.407 e. The van der Waals surface area contributed by atoms with Crippen LogP contribution < -0.4 is 29.3 Å². The van der Waals surface area contributed by atoms with Crippen LogP contribution in [0.25, 0.3) is 11.1 Å². The number of amides is 1. The van der Waals surface area contributed by atoms with Gasteiger partial charge in [0.15, 0.2) is 0 Å². The zero-order valence-electron chi connectivity index (χ0n) is 17.9. The Bertz CT molecular complexity index is 849. The highest BCUT2D eigenvalue weighted by molar-refractivity contribution is 5.81. The van der Waals surface area contributed by atoms with E-state index in [1.807, 2.05) is 45.4 Å². The molecule has 3 rings (SSSR count). The second-order valence-electron chi connectivity index (χ2n) is 8.37. The Morgan fingerprint density at radius 3 is 2.03 bits per heavy atom. The van der Waals surface area contributed by atoms with Crippen molar-refractivity contribution in [1.82, 2.24) is 5.32 Å². The molecule has 1 amide bonds. The van der Waals surface area contributed by atoms with Gasteiger partial charge in [0.1, 0.15) is 25.8 Å². The molecule has 0 unspecified atom stereocenters. The molecule has 1 N–H and O–H groups in total. The van der Waals surface area contributed by atoms with Gasteiger partial charge in [0.2, 0.25) is 0 Å². The van der Waals surface area contributed by atoms with Crippen molar-refractivity contribution in [1.29, 1.82) is 0 Å². The van der Waals surface area contributed by atoms with Gasteiger partial charge in [-0.2, -0.15) is 0 Å². The number of quaternary nitrogens is 1. The third-order valence-electron chi connectivity index (χ3n) is 5.04. The average Bonchev–Trinajstić information content (AvgIpc) is 2.99. The lowest BCUT2D eigenvalue weighted by atomic mass is 9.98. The molecule has 0 radical (unpaired) electrons. The summed E-state index contributed by atoms with van der Waals surface area (Å²) in [6.07, 6.45) is -0.622. The maximum atomic E-state index is 12.2. The molecule has 1 aliphatic rings. The van der Waals surface area contributed by atoms with Crippen molar-refractivity contribution in [2.24, 2.45) is 0 Å². The number of rotatable bonds is 7. The van der Waals surface area contributed by atoms with Crippen molar-refractivity contribution in [3.05, 3.63) is 59.7 Å². The predicted molar refractivity (Wildman–Crippen MR) is 112 cm³/mol. The van der Waals surface area contributed by atoms with Gasteiger partial charge in [-0.15, -0.1) is 0 Å². The number of halogens is 1. The summed E-state index contributed by atoms with van der Waals surface area (Å²) >= 11 is 0. The number of ether oxygens (including phenoxy) is 2. The van der Waals surface area contributed by atoms with Crippen LogP contribution in [-0.4, -0.2) is 63.5 Å². The molecular formula is C23H29IN2O4. The van der Waals surface area contributed by atoms with Crippen molar-refractivity contribution < 1.29 is 47.5 Å². The Morgan fingerprint density at radius 1 is 0.967 bits per heavy atom. The zero-order valence-corrected chi connectivity index (χ0v) is 20.0. The number of hydrogen-bond donors (Lipinski definition) is 1. The van der Waals surface area contributed by atoms with Crippen molar-refractivity contribution in [3.63, 3.8) is 0 Å². The fourth-order valence-corrected chi connectivity index (χ4v) is 3.42. The maximum absolute atomic E-state index is 12.2. The molecule has 0 heterocycles. The first kappa shape index (κ1) is 24.1. The monoisotopic (exact) mass is 524 g/mol.